The van der Waals surface area contributed by atoms with Crippen LogP contribution in [0.15, 0.2) is 85.5 Å². The fourth-order valence-corrected chi connectivity index (χ4v) is 4.04. The molecule has 0 radical (unpaired) electrons. The van der Waals surface area contributed by atoms with E-state index in [1.54, 1.807) is 13.4 Å². The number of hydrogen-bond acceptors (Lipinski definition) is 5. The van der Waals surface area contributed by atoms with Gasteiger partial charge >= 0.3 is 0 Å². The first-order valence-corrected chi connectivity index (χ1v) is 11.0. The molecule has 1 fully saturated rings. The van der Waals surface area contributed by atoms with Gasteiger partial charge in [-0.3, -0.25) is 4.79 Å². The summed E-state index contributed by atoms with van der Waals surface area (Å²) in [4.78, 5) is 26.0. The van der Waals surface area contributed by atoms with Gasteiger partial charge in [0.15, 0.2) is 0 Å². The third-order valence-electron chi connectivity index (χ3n) is 5.95. The summed E-state index contributed by atoms with van der Waals surface area (Å²) >= 11 is 0. The molecule has 0 spiro atoms. The highest BCUT2D eigenvalue weighted by Gasteiger charge is 2.23. The second-order valence-electron chi connectivity index (χ2n) is 7.91. The van der Waals surface area contributed by atoms with Gasteiger partial charge in [0.1, 0.15) is 17.9 Å². The number of hydrogen-bond donors (Lipinski definition) is 0. The Morgan fingerprint density at radius 3 is 2.24 bits per heavy atom. The molecule has 3 heterocycles. The minimum absolute atomic E-state index is 0.0651. The van der Waals surface area contributed by atoms with Crippen molar-refractivity contribution >= 4 is 11.7 Å². The summed E-state index contributed by atoms with van der Waals surface area (Å²) in [5.41, 5.74) is 3.63. The molecule has 0 aliphatic carbocycles. The summed E-state index contributed by atoms with van der Waals surface area (Å²) in [7, 11) is 1.65. The molecule has 1 aliphatic heterocycles. The predicted molar refractivity (Wildman–Crippen MR) is 128 cm³/mol. The molecule has 33 heavy (non-hydrogen) atoms. The summed E-state index contributed by atoms with van der Waals surface area (Å²) in [6.07, 6.45) is 5.57. The Labute approximate surface area is 192 Å². The van der Waals surface area contributed by atoms with Crippen molar-refractivity contribution in [3.05, 3.63) is 91.0 Å². The van der Waals surface area contributed by atoms with Crippen LogP contribution in [0.2, 0.25) is 0 Å². The van der Waals surface area contributed by atoms with Crippen LogP contribution in [0.3, 0.4) is 0 Å². The van der Waals surface area contributed by atoms with Gasteiger partial charge in [0.2, 0.25) is 0 Å². The molecular weight excluding hydrogens is 414 g/mol. The van der Waals surface area contributed by atoms with Crippen molar-refractivity contribution in [3.8, 4) is 22.7 Å². The van der Waals surface area contributed by atoms with Crippen molar-refractivity contribution in [3.63, 3.8) is 0 Å². The molecule has 0 N–H and O–H groups in total. The van der Waals surface area contributed by atoms with Gasteiger partial charge in [-0.2, -0.15) is 0 Å². The first kappa shape index (κ1) is 20.8. The minimum atomic E-state index is 0.0651. The van der Waals surface area contributed by atoms with Gasteiger partial charge < -0.3 is 19.1 Å². The molecule has 2 aromatic heterocycles. The van der Waals surface area contributed by atoms with E-state index in [0.717, 1.165) is 41.6 Å². The number of benzene rings is 2. The van der Waals surface area contributed by atoms with E-state index >= 15 is 0 Å². The largest absolute Gasteiger partial charge is 0.497 e. The molecule has 2 aromatic carbocycles. The average Bonchev–Trinajstić information content (AvgIpc) is 3.44. The summed E-state index contributed by atoms with van der Waals surface area (Å²) in [6.45, 7) is 2.76. The van der Waals surface area contributed by atoms with Crippen LogP contribution in [0.5, 0.6) is 5.75 Å². The standard InChI is InChI=1S/C26H25N5O2/c1-33-23-10-6-20(7-11-23)24-18-25(28-19-27-24)30-14-16-31(17-15-30)26(32)21-4-8-22(9-5-21)29-12-2-3-13-29/h2-13,18-19H,14-17H2,1H3. The van der Waals surface area contributed by atoms with Gasteiger partial charge in [0.05, 0.1) is 12.8 Å². The molecule has 4 aromatic rings. The summed E-state index contributed by atoms with van der Waals surface area (Å²) in [6, 6.07) is 21.5. The Bertz CT molecular complexity index is 1210. The van der Waals surface area contributed by atoms with Crippen LogP contribution >= 0.6 is 0 Å². The molecule has 0 unspecified atom stereocenters. The Morgan fingerprint density at radius 1 is 0.879 bits per heavy atom. The van der Waals surface area contributed by atoms with E-state index in [1.165, 1.54) is 0 Å². The maximum absolute atomic E-state index is 13.0. The molecule has 7 heteroatoms. The number of aromatic nitrogens is 3. The van der Waals surface area contributed by atoms with Gasteiger partial charge in [-0.15, -0.1) is 0 Å². The van der Waals surface area contributed by atoms with E-state index in [2.05, 4.69) is 14.9 Å². The molecule has 1 aliphatic rings. The summed E-state index contributed by atoms with van der Waals surface area (Å²) < 4.78 is 7.26. The Kier molecular flexibility index (Phi) is 5.76. The average molecular weight is 440 g/mol. The lowest BCUT2D eigenvalue weighted by Crippen LogP contribution is -2.49. The van der Waals surface area contributed by atoms with E-state index in [-0.39, 0.29) is 5.91 Å². The first-order chi connectivity index (χ1) is 16.2. The molecule has 1 amide bonds. The van der Waals surface area contributed by atoms with Crippen LogP contribution in [-0.2, 0) is 0 Å². The van der Waals surface area contributed by atoms with Crippen molar-refractivity contribution in [1.82, 2.24) is 19.4 Å². The number of amides is 1. The minimum Gasteiger partial charge on any atom is -0.497 e. The van der Waals surface area contributed by atoms with Crippen LogP contribution < -0.4 is 9.64 Å². The highest BCUT2D eigenvalue weighted by Crippen LogP contribution is 2.24. The van der Waals surface area contributed by atoms with Crippen molar-refractivity contribution in [2.24, 2.45) is 0 Å². The highest BCUT2D eigenvalue weighted by atomic mass is 16.5. The van der Waals surface area contributed by atoms with E-state index in [9.17, 15) is 4.79 Å². The van der Waals surface area contributed by atoms with E-state index in [4.69, 9.17) is 4.74 Å². The predicted octanol–water partition coefficient (Wildman–Crippen LogP) is 3.91. The molecule has 1 saturated heterocycles. The lowest BCUT2D eigenvalue weighted by Gasteiger charge is -2.35. The molecule has 0 atom stereocenters. The molecule has 5 rings (SSSR count). The van der Waals surface area contributed by atoms with E-state index in [0.29, 0.717) is 18.7 Å². The maximum Gasteiger partial charge on any atom is 0.253 e. The Balaban J connectivity index is 1.23. The van der Waals surface area contributed by atoms with Crippen LogP contribution in [-0.4, -0.2) is 58.6 Å². The summed E-state index contributed by atoms with van der Waals surface area (Å²) in [5, 5.41) is 0. The van der Waals surface area contributed by atoms with Crippen molar-refractivity contribution < 1.29 is 9.53 Å². The molecule has 0 bridgehead atoms. The van der Waals surface area contributed by atoms with Crippen LogP contribution in [0.25, 0.3) is 16.9 Å². The topological polar surface area (TPSA) is 63.5 Å². The number of piperazine rings is 1. The number of carbonyl (C=O) groups is 1. The quantitative estimate of drug-likeness (QED) is 0.472. The zero-order chi connectivity index (χ0) is 22.6. The number of rotatable bonds is 5. The highest BCUT2D eigenvalue weighted by molar-refractivity contribution is 5.94. The van der Waals surface area contributed by atoms with Crippen molar-refractivity contribution in [2.45, 2.75) is 0 Å². The number of methoxy groups -OCH3 is 1. The fourth-order valence-electron chi connectivity index (χ4n) is 4.04. The Morgan fingerprint density at radius 2 is 1.58 bits per heavy atom. The normalized spacial score (nSPS) is 13.7. The maximum atomic E-state index is 13.0. The van der Waals surface area contributed by atoms with Gasteiger partial charge in [-0.25, -0.2) is 9.97 Å². The number of nitrogens with zero attached hydrogens (tertiary/aromatic N) is 5. The second kappa shape index (κ2) is 9.16. The smallest absolute Gasteiger partial charge is 0.253 e. The molecule has 166 valence electrons. The summed E-state index contributed by atoms with van der Waals surface area (Å²) in [5.74, 6) is 1.75. The number of ether oxygens (including phenoxy) is 1. The van der Waals surface area contributed by atoms with E-state index < -0.39 is 0 Å². The zero-order valence-electron chi connectivity index (χ0n) is 18.5. The number of anilines is 1. The first-order valence-electron chi connectivity index (χ1n) is 11.0. The van der Waals surface area contributed by atoms with Crippen molar-refractivity contribution in [1.29, 1.82) is 0 Å². The molecule has 0 saturated carbocycles. The third-order valence-corrected chi connectivity index (χ3v) is 5.95. The zero-order valence-corrected chi connectivity index (χ0v) is 18.5. The van der Waals surface area contributed by atoms with E-state index in [1.807, 2.05) is 88.6 Å². The fraction of sp³-hybridized carbons (Fsp3) is 0.192. The van der Waals surface area contributed by atoms with Gasteiger partial charge in [-0.05, 0) is 60.7 Å². The third kappa shape index (κ3) is 4.43. The van der Waals surface area contributed by atoms with Crippen LogP contribution in [0, 0.1) is 0 Å². The van der Waals surface area contributed by atoms with Crippen LogP contribution in [0.4, 0.5) is 5.82 Å². The second-order valence-corrected chi connectivity index (χ2v) is 7.91. The number of carbonyl (C=O) groups excluding carboxylic acids is 1. The van der Waals surface area contributed by atoms with Gasteiger partial charge in [-0.1, -0.05) is 0 Å². The van der Waals surface area contributed by atoms with Gasteiger partial charge in [0.25, 0.3) is 5.91 Å². The molecule has 7 nitrogen and oxygen atoms in total. The lowest BCUT2D eigenvalue weighted by molar-refractivity contribution is 0.0746. The monoisotopic (exact) mass is 439 g/mol. The van der Waals surface area contributed by atoms with Crippen LogP contribution in [0.1, 0.15) is 10.4 Å². The lowest BCUT2D eigenvalue weighted by atomic mass is 10.1. The Hall–Kier alpha value is -4.13. The van der Waals surface area contributed by atoms with Crippen molar-refractivity contribution in [2.75, 3.05) is 38.2 Å². The van der Waals surface area contributed by atoms with Gasteiger partial charge in [0, 0.05) is 61.5 Å². The molecular formula is C26H25N5O2. The SMILES string of the molecule is COc1ccc(-c2cc(N3CCN(C(=O)c4ccc(-n5cccc5)cc4)CC3)ncn2)cc1.